The van der Waals surface area contributed by atoms with Crippen LogP contribution >= 0.6 is 0 Å². The van der Waals surface area contributed by atoms with Gasteiger partial charge in [0.15, 0.2) is 0 Å². The number of carbonyl (C=O) groups is 2. The maximum atomic E-state index is 12.9. The molecule has 7 heteroatoms. The lowest BCUT2D eigenvalue weighted by molar-refractivity contribution is -0.112. The molecule has 0 bridgehead atoms. The fourth-order valence-electron chi connectivity index (χ4n) is 4.76. The molecular formula is C41H50O7. The van der Waals surface area contributed by atoms with Crippen molar-refractivity contribution in [3.8, 4) is 23.0 Å². The summed E-state index contributed by atoms with van der Waals surface area (Å²) < 4.78 is 28.9. The zero-order chi connectivity index (χ0) is 34.7. The second-order valence-electron chi connectivity index (χ2n) is 11.9. The summed E-state index contributed by atoms with van der Waals surface area (Å²) in [5.41, 5.74) is 1.93. The monoisotopic (exact) mass is 654 g/mol. The van der Waals surface area contributed by atoms with Gasteiger partial charge in [-0.05, 0) is 105 Å². The predicted molar refractivity (Wildman–Crippen MR) is 192 cm³/mol. The van der Waals surface area contributed by atoms with E-state index < -0.39 is 5.97 Å². The Balaban J connectivity index is 1.44. The van der Waals surface area contributed by atoms with Gasteiger partial charge in [-0.15, -0.1) is 6.58 Å². The van der Waals surface area contributed by atoms with Crippen molar-refractivity contribution in [3.05, 3.63) is 115 Å². The van der Waals surface area contributed by atoms with Crippen molar-refractivity contribution >= 4 is 18.0 Å². The maximum absolute atomic E-state index is 12.9. The number of hydrogen-bond acceptors (Lipinski definition) is 7. The fraction of sp³-hybridized carbons (Fsp3) is 0.366. The Bertz CT molecular complexity index is 1470. The molecule has 0 radical (unpaired) electrons. The Kier molecular flexibility index (Phi) is 16.2. The van der Waals surface area contributed by atoms with Crippen LogP contribution in [0.15, 0.2) is 98.3 Å². The summed E-state index contributed by atoms with van der Waals surface area (Å²) >= 11 is 0. The first-order valence-corrected chi connectivity index (χ1v) is 16.8. The van der Waals surface area contributed by atoms with Crippen LogP contribution in [0.4, 0.5) is 0 Å². The summed E-state index contributed by atoms with van der Waals surface area (Å²) in [6.45, 7) is 18.8. The van der Waals surface area contributed by atoms with Gasteiger partial charge in [-0.1, -0.05) is 51.8 Å². The highest BCUT2D eigenvalue weighted by molar-refractivity contribution is 5.91. The van der Waals surface area contributed by atoms with Crippen molar-refractivity contribution in [3.63, 3.8) is 0 Å². The van der Waals surface area contributed by atoms with Crippen LogP contribution in [0.5, 0.6) is 23.0 Å². The first-order valence-electron chi connectivity index (χ1n) is 16.8. The van der Waals surface area contributed by atoms with Gasteiger partial charge in [0.25, 0.3) is 0 Å². The second-order valence-corrected chi connectivity index (χ2v) is 11.9. The minimum atomic E-state index is -0.475. The quantitative estimate of drug-likeness (QED) is 0.0251. The van der Waals surface area contributed by atoms with E-state index in [0.29, 0.717) is 53.3 Å². The Morgan fingerprint density at radius 2 is 1.50 bits per heavy atom. The molecule has 3 aromatic rings. The molecule has 0 amide bonds. The smallest absolute Gasteiger partial charge is 0.343 e. The molecule has 0 aliphatic rings. The van der Waals surface area contributed by atoms with Crippen LogP contribution < -0.4 is 18.9 Å². The molecule has 3 rings (SSSR count). The molecule has 2 unspecified atom stereocenters. The number of carbonyl (C=O) groups excluding carboxylic acids is 2. The van der Waals surface area contributed by atoms with Gasteiger partial charge in [0.1, 0.15) is 35.0 Å². The third kappa shape index (κ3) is 13.2. The molecule has 0 saturated heterocycles. The van der Waals surface area contributed by atoms with Crippen LogP contribution in [0, 0.1) is 12.8 Å². The van der Waals surface area contributed by atoms with E-state index in [2.05, 4.69) is 26.7 Å². The molecule has 7 nitrogen and oxygen atoms in total. The van der Waals surface area contributed by atoms with Gasteiger partial charge in [0.2, 0.25) is 0 Å². The van der Waals surface area contributed by atoms with Gasteiger partial charge in [-0.2, -0.15) is 0 Å². The number of aryl methyl sites for hydroxylation is 1. The second kappa shape index (κ2) is 20.6. The molecule has 0 aliphatic heterocycles. The molecule has 0 N–H and O–H groups in total. The van der Waals surface area contributed by atoms with E-state index in [4.69, 9.17) is 23.7 Å². The summed E-state index contributed by atoms with van der Waals surface area (Å²) in [6, 6.07) is 19.4. The largest absolute Gasteiger partial charge is 0.493 e. The maximum Gasteiger partial charge on any atom is 0.343 e. The standard InChI is InChI=1S/C41H50O7/c1-7-9-11-15-34(28-42)29-45-37-20-16-35(17-21-37)33(6)47-39-24-25-40(30(3)27-39)48-41(43)36-18-22-38(23-19-36)46-32(5)14-12-10-13-26-44-31(4)8-2/h8,16-25,27-28,31,34H,2,5-7,9-15,26,29H2,1,3-4H3. The zero-order valence-corrected chi connectivity index (χ0v) is 28.7. The van der Waals surface area contributed by atoms with Gasteiger partial charge in [0, 0.05) is 24.5 Å². The first-order chi connectivity index (χ1) is 23.2. The predicted octanol–water partition coefficient (Wildman–Crippen LogP) is 10.1. The van der Waals surface area contributed by atoms with Crippen LogP contribution in [-0.2, 0) is 9.53 Å². The highest BCUT2D eigenvalue weighted by atomic mass is 16.5. The van der Waals surface area contributed by atoms with Crippen LogP contribution in [0.3, 0.4) is 0 Å². The SMILES string of the molecule is C=CC(C)OCCCCCC(=C)Oc1ccc(C(=O)Oc2ccc(OC(=C)c3ccc(OCC(C=O)CCCCC)cc3)cc2C)cc1. The van der Waals surface area contributed by atoms with Gasteiger partial charge < -0.3 is 28.5 Å². The Morgan fingerprint density at radius 1 is 0.812 bits per heavy atom. The number of rotatable bonds is 23. The number of allylic oxidation sites excluding steroid dienone is 1. The lowest BCUT2D eigenvalue weighted by atomic mass is 10.0. The normalized spacial score (nSPS) is 12.0. The molecule has 2 atom stereocenters. The van der Waals surface area contributed by atoms with Crippen molar-refractivity contribution in [2.45, 2.75) is 78.2 Å². The third-order valence-corrected chi connectivity index (χ3v) is 7.77. The Hall–Kier alpha value is -4.62. The Labute approximate surface area is 286 Å². The van der Waals surface area contributed by atoms with Gasteiger partial charge in [-0.25, -0.2) is 4.79 Å². The molecule has 0 saturated carbocycles. The topological polar surface area (TPSA) is 80.3 Å². The van der Waals surface area contributed by atoms with Crippen molar-refractivity contribution < 1.29 is 33.3 Å². The molecule has 256 valence electrons. The van der Waals surface area contributed by atoms with Crippen molar-refractivity contribution in [1.82, 2.24) is 0 Å². The molecule has 0 fully saturated rings. The summed E-state index contributed by atoms with van der Waals surface area (Å²) in [5, 5.41) is 0. The molecule has 48 heavy (non-hydrogen) atoms. The van der Waals surface area contributed by atoms with E-state index in [9.17, 15) is 9.59 Å². The minimum absolute atomic E-state index is 0.0755. The lowest BCUT2D eigenvalue weighted by Gasteiger charge is -2.14. The molecule has 3 aromatic carbocycles. The highest BCUT2D eigenvalue weighted by Gasteiger charge is 2.13. The minimum Gasteiger partial charge on any atom is -0.493 e. The molecular weight excluding hydrogens is 604 g/mol. The Morgan fingerprint density at radius 3 is 2.17 bits per heavy atom. The number of aldehydes is 1. The molecule has 0 spiro atoms. The average Bonchev–Trinajstić information content (AvgIpc) is 3.09. The van der Waals surface area contributed by atoms with Crippen LogP contribution in [0.25, 0.3) is 5.76 Å². The van der Waals surface area contributed by atoms with Crippen LogP contribution in [0.2, 0.25) is 0 Å². The number of benzene rings is 3. The number of esters is 1. The highest BCUT2D eigenvalue weighted by Crippen LogP contribution is 2.28. The average molecular weight is 655 g/mol. The van der Waals surface area contributed by atoms with E-state index in [-0.39, 0.29) is 12.0 Å². The molecule has 0 heterocycles. The number of unbranched alkanes of at least 4 members (excludes halogenated alkanes) is 4. The molecule has 0 aliphatic carbocycles. The van der Waals surface area contributed by atoms with Gasteiger partial charge >= 0.3 is 5.97 Å². The van der Waals surface area contributed by atoms with Crippen LogP contribution in [-0.4, -0.2) is 31.6 Å². The van der Waals surface area contributed by atoms with Gasteiger partial charge in [-0.3, -0.25) is 0 Å². The van der Waals surface area contributed by atoms with Crippen molar-refractivity contribution in [1.29, 1.82) is 0 Å². The van der Waals surface area contributed by atoms with Crippen LogP contribution in [0.1, 0.15) is 86.7 Å². The van der Waals surface area contributed by atoms with E-state index in [0.717, 1.165) is 68.8 Å². The third-order valence-electron chi connectivity index (χ3n) is 7.77. The van der Waals surface area contributed by atoms with Crippen molar-refractivity contribution in [2.24, 2.45) is 5.92 Å². The molecule has 0 aromatic heterocycles. The summed E-state index contributed by atoms with van der Waals surface area (Å²) in [7, 11) is 0. The summed E-state index contributed by atoms with van der Waals surface area (Å²) in [5.74, 6) is 2.86. The van der Waals surface area contributed by atoms with E-state index in [1.54, 1.807) is 48.5 Å². The number of ether oxygens (including phenoxy) is 5. The van der Waals surface area contributed by atoms with E-state index in [1.165, 1.54) is 0 Å². The summed E-state index contributed by atoms with van der Waals surface area (Å²) in [4.78, 5) is 24.2. The van der Waals surface area contributed by atoms with Crippen molar-refractivity contribution in [2.75, 3.05) is 13.2 Å². The summed E-state index contributed by atoms with van der Waals surface area (Å²) in [6.07, 6.45) is 10.6. The van der Waals surface area contributed by atoms with E-state index in [1.807, 2.05) is 38.1 Å². The fourth-order valence-corrected chi connectivity index (χ4v) is 4.76. The zero-order valence-electron chi connectivity index (χ0n) is 28.7. The van der Waals surface area contributed by atoms with E-state index >= 15 is 0 Å². The number of hydrogen-bond donors (Lipinski definition) is 0. The lowest BCUT2D eigenvalue weighted by Crippen LogP contribution is -2.13. The van der Waals surface area contributed by atoms with Gasteiger partial charge in [0.05, 0.1) is 24.0 Å². The first kappa shape index (κ1) is 37.8.